The highest BCUT2D eigenvalue weighted by atomic mass is 16.6. The van der Waals surface area contributed by atoms with E-state index in [0.29, 0.717) is 12.5 Å². The first kappa shape index (κ1) is 12.0. The van der Waals surface area contributed by atoms with Crippen molar-refractivity contribution in [3.05, 3.63) is 24.2 Å². The van der Waals surface area contributed by atoms with Crippen LogP contribution in [0.5, 0.6) is 0 Å². The summed E-state index contributed by atoms with van der Waals surface area (Å²) >= 11 is 0. The average Bonchev–Trinajstić information content (AvgIpc) is 2.86. The van der Waals surface area contributed by atoms with Crippen molar-refractivity contribution in [1.82, 2.24) is 4.90 Å². The Morgan fingerprint density at radius 3 is 2.88 bits per heavy atom. The lowest BCUT2D eigenvalue weighted by atomic mass is 10.1. The quantitative estimate of drug-likeness (QED) is 0.754. The molecule has 1 amide bonds. The van der Waals surface area contributed by atoms with E-state index in [4.69, 9.17) is 9.15 Å². The number of hydrogen-bond donors (Lipinski definition) is 0. The van der Waals surface area contributed by atoms with Gasteiger partial charge in [0.1, 0.15) is 11.4 Å². The van der Waals surface area contributed by atoms with Gasteiger partial charge in [-0.15, -0.1) is 0 Å². The van der Waals surface area contributed by atoms with Gasteiger partial charge in [-0.1, -0.05) is 0 Å². The molecule has 2 heterocycles. The van der Waals surface area contributed by atoms with Gasteiger partial charge in [0.15, 0.2) is 0 Å². The lowest BCUT2D eigenvalue weighted by Gasteiger charge is -2.24. The van der Waals surface area contributed by atoms with Crippen LogP contribution in [0.25, 0.3) is 0 Å². The second-order valence-corrected chi connectivity index (χ2v) is 5.43. The van der Waals surface area contributed by atoms with Crippen LogP contribution in [0.4, 0.5) is 4.79 Å². The molecule has 0 aromatic carbocycles. The number of carbonyl (C=O) groups is 1. The molecule has 1 unspecified atom stereocenters. The van der Waals surface area contributed by atoms with Crippen molar-refractivity contribution in [2.24, 2.45) is 0 Å². The molecule has 2 rings (SSSR count). The van der Waals surface area contributed by atoms with E-state index in [1.54, 1.807) is 11.2 Å². The van der Waals surface area contributed by atoms with E-state index in [1.165, 1.54) is 0 Å². The van der Waals surface area contributed by atoms with Crippen LogP contribution in [0.2, 0.25) is 0 Å². The van der Waals surface area contributed by atoms with Gasteiger partial charge in [0, 0.05) is 19.0 Å². The number of furan rings is 1. The molecule has 1 aliphatic rings. The molecule has 1 saturated heterocycles. The van der Waals surface area contributed by atoms with Gasteiger partial charge >= 0.3 is 6.09 Å². The van der Waals surface area contributed by atoms with Crippen molar-refractivity contribution in [3.63, 3.8) is 0 Å². The van der Waals surface area contributed by atoms with Gasteiger partial charge in [-0.25, -0.2) is 4.79 Å². The molecule has 17 heavy (non-hydrogen) atoms. The van der Waals surface area contributed by atoms with Gasteiger partial charge in [-0.05, 0) is 39.3 Å². The van der Waals surface area contributed by atoms with E-state index in [2.05, 4.69) is 0 Å². The van der Waals surface area contributed by atoms with Crippen molar-refractivity contribution >= 4 is 6.09 Å². The Morgan fingerprint density at radius 1 is 1.53 bits per heavy atom. The standard InChI is InChI=1S/C13H19NO3/c1-13(2,3)17-12(15)14-7-6-10(9-14)11-5-4-8-16-11/h4-5,8,10H,6-7,9H2,1-3H3. The summed E-state index contributed by atoms with van der Waals surface area (Å²) in [5.74, 6) is 1.26. The summed E-state index contributed by atoms with van der Waals surface area (Å²) in [5.41, 5.74) is -0.431. The number of carbonyl (C=O) groups excluding carboxylic acids is 1. The molecule has 0 aliphatic carbocycles. The first-order chi connectivity index (χ1) is 7.96. The molecule has 4 nitrogen and oxygen atoms in total. The van der Waals surface area contributed by atoms with Crippen molar-refractivity contribution in [1.29, 1.82) is 0 Å². The van der Waals surface area contributed by atoms with E-state index >= 15 is 0 Å². The van der Waals surface area contributed by atoms with Crippen molar-refractivity contribution in [2.45, 2.75) is 38.7 Å². The number of hydrogen-bond acceptors (Lipinski definition) is 3. The van der Waals surface area contributed by atoms with Crippen LogP contribution in [0, 0.1) is 0 Å². The van der Waals surface area contributed by atoms with Crippen LogP contribution in [0.15, 0.2) is 22.8 Å². The molecule has 4 heteroatoms. The number of rotatable bonds is 1. The van der Waals surface area contributed by atoms with Gasteiger partial charge in [0.05, 0.1) is 6.26 Å². The second kappa shape index (κ2) is 4.43. The summed E-state index contributed by atoms with van der Waals surface area (Å²) in [4.78, 5) is 13.6. The molecule has 0 spiro atoms. The Balaban J connectivity index is 1.92. The maximum Gasteiger partial charge on any atom is 0.410 e. The summed E-state index contributed by atoms with van der Waals surface area (Å²) in [6.45, 7) is 7.06. The molecule has 1 aromatic heterocycles. The first-order valence-corrected chi connectivity index (χ1v) is 5.97. The molecular formula is C13H19NO3. The zero-order chi connectivity index (χ0) is 12.5. The van der Waals surface area contributed by atoms with Gasteiger partial charge in [-0.2, -0.15) is 0 Å². The van der Waals surface area contributed by atoms with Crippen LogP contribution in [0.1, 0.15) is 38.9 Å². The number of likely N-dealkylation sites (tertiary alicyclic amines) is 1. The molecular weight excluding hydrogens is 218 g/mol. The van der Waals surface area contributed by atoms with Crippen LogP contribution in [-0.4, -0.2) is 29.7 Å². The fourth-order valence-corrected chi connectivity index (χ4v) is 2.01. The van der Waals surface area contributed by atoms with E-state index in [-0.39, 0.29) is 6.09 Å². The topological polar surface area (TPSA) is 42.7 Å². The molecule has 0 bridgehead atoms. The van der Waals surface area contributed by atoms with Crippen molar-refractivity contribution in [3.8, 4) is 0 Å². The fourth-order valence-electron chi connectivity index (χ4n) is 2.01. The highest BCUT2D eigenvalue weighted by molar-refractivity contribution is 5.68. The monoisotopic (exact) mass is 237 g/mol. The van der Waals surface area contributed by atoms with Crippen LogP contribution >= 0.6 is 0 Å². The Bertz CT molecular complexity index is 378. The minimum absolute atomic E-state index is 0.230. The smallest absolute Gasteiger partial charge is 0.410 e. The Labute approximate surface area is 102 Å². The number of amides is 1. The third-order valence-corrected chi connectivity index (χ3v) is 2.79. The lowest BCUT2D eigenvalue weighted by molar-refractivity contribution is 0.0292. The lowest BCUT2D eigenvalue weighted by Crippen LogP contribution is -2.35. The molecule has 0 N–H and O–H groups in total. The summed E-state index contributed by atoms with van der Waals surface area (Å²) in [7, 11) is 0. The summed E-state index contributed by atoms with van der Waals surface area (Å²) in [6, 6.07) is 3.84. The van der Waals surface area contributed by atoms with Gasteiger partial charge in [0.2, 0.25) is 0 Å². The van der Waals surface area contributed by atoms with Crippen LogP contribution in [-0.2, 0) is 4.74 Å². The summed E-state index contributed by atoms with van der Waals surface area (Å²) in [5, 5.41) is 0. The Morgan fingerprint density at radius 2 is 2.29 bits per heavy atom. The van der Waals surface area contributed by atoms with Gasteiger partial charge in [-0.3, -0.25) is 0 Å². The first-order valence-electron chi connectivity index (χ1n) is 5.97. The third-order valence-electron chi connectivity index (χ3n) is 2.79. The maximum atomic E-state index is 11.8. The zero-order valence-electron chi connectivity index (χ0n) is 10.6. The number of nitrogens with zero attached hydrogens (tertiary/aromatic N) is 1. The normalized spacial score (nSPS) is 20.6. The van der Waals surface area contributed by atoms with E-state index in [1.807, 2.05) is 32.9 Å². The SMILES string of the molecule is CC(C)(C)OC(=O)N1CCC(c2ccco2)C1. The predicted octanol–water partition coefficient (Wildman–Crippen LogP) is 3.00. The van der Waals surface area contributed by atoms with E-state index < -0.39 is 5.60 Å². The fraction of sp³-hybridized carbons (Fsp3) is 0.615. The third kappa shape index (κ3) is 3.02. The predicted molar refractivity (Wildman–Crippen MR) is 63.9 cm³/mol. The van der Waals surface area contributed by atoms with Crippen LogP contribution < -0.4 is 0 Å². The molecule has 1 aliphatic heterocycles. The highest BCUT2D eigenvalue weighted by Gasteiger charge is 2.31. The molecule has 94 valence electrons. The van der Waals surface area contributed by atoms with Crippen molar-refractivity contribution in [2.75, 3.05) is 13.1 Å². The molecule has 1 aromatic rings. The van der Waals surface area contributed by atoms with Crippen molar-refractivity contribution < 1.29 is 13.9 Å². The molecule has 1 atom stereocenters. The number of ether oxygens (including phenoxy) is 1. The minimum atomic E-state index is -0.431. The molecule has 0 radical (unpaired) electrons. The largest absolute Gasteiger partial charge is 0.469 e. The van der Waals surface area contributed by atoms with E-state index in [0.717, 1.165) is 18.7 Å². The minimum Gasteiger partial charge on any atom is -0.469 e. The van der Waals surface area contributed by atoms with E-state index in [9.17, 15) is 4.79 Å². The molecule has 0 saturated carbocycles. The average molecular weight is 237 g/mol. The Kier molecular flexibility index (Phi) is 3.13. The summed E-state index contributed by atoms with van der Waals surface area (Å²) in [6.07, 6.45) is 2.38. The van der Waals surface area contributed by atoms with Gasteiger partial charge < -0.3 is 14.1 Å². The Hall–Kier alpha value is -1.45. The highest BCUT2D eigenvalue weighted by Crippen LogP contribution is 2.28. The zero-order valence-corrected chi connectivity index (χ0v) is 10.6. The maximum absolute atomic E-state index is 11.8. The second-order valence-electron chi connectivity index (χ2n) is 5.43. The van der Waals surface area contributed by atoms with Crippen LogP contribution in [0.3, 0.4) is 0 Å². The van der Waals surface area contributed by atoms with Gasteiger partial charge in [0.25, 0.3) is 0 Å². The summed E-state index contributed by atoms with van der Waals surface area (Å²) < 4.78 is 10.7. The molecule has 1 fully saturated rings.